The van der Waals surface area contributed by atoms with E-state index in [4.69, 9.17) is 34.8 Å². The highest BCUT2D eigenvalue weighted by atomic mass is 35.5. The molecule has 0 aliphatic carbocycles. The fourth-order valence-electron chi connectivity index (χ4n) is 1.61. The Kier molecular flexibility index (Phi) is 4.50. The Morgan fingerprint density at radius 2 is 1.42 bits per heavy atom. The van der Waals surface area contributed by atoms with E-state index in [1.54, 1.807) is 6.07 Å². The summed E-state index contributed by atoms with van der Waals surface area (Å²) in [7, 11) is 0. The number of hydrogen-bond donors (Lipinski definition) is 1. The molecule has 1 N–H and O–H groups in total. The second-order valence-corrected chi connectivity index (χ2v) is 5.13. The van der Waals surface area contributed by atoms with Crippen LogP contribution >= 0.6 is 34.8 Å². The van der Waals surface area contributed by atoms with Gasteiger partial charge in [0.15, 0.2) is 0 Å². The lowest BCUT2D eigenvalue weighted by molar-refractivity contribution is 0.626. The minimum absolute atomic E-state index is 0.160. The van der Waals surface area contributed by atoms with Gasteiger partial charge in [-0.05, 0) is 35.9 Å². The van der Waals surface area contributed by atoms with Crippen molar-refractivity contribution in [2.24, 2.45) is 0 Å². The Morgan fingerprint density at radius 1 is 0.842 bits per heavy atom. The largest absolute Gasteiger partial charge is 0.379 e. The maximum atomic E-state index is 13.2. The lowest BCUT2D eigenvalue weighted by Crippen LogP contribution is -2.01. The summed E-state index contributed by atoms with van der Waals surface area (Å²) in [6.45, 7) is 0.266. The highest BCUT2D eigenvalue weighted by Gasteiger charge is 2.08. The topological polar surface area (TPSA) is 12.0 Å². The molecule has 0 radical (unpaired) electrons. The monoisotopic (exact) mass is 321 g/mol. The average Bonchev–Trinajstić information content (AvgIpc) is 2.25. The van der Waals surface area contributed by atoms with Gasteiger partial charge < -0.3 is 5.32 Å². The zero-order valence-electron chi connectivity index (χ0n) is 9.48. The van der Waals surface area contributed by atoms with E-state index in [1.807, 2.05) is 0 Å². The standard InChI is InChI=1S/C13H8Cl3F2N/c14-8-1-7(2-9(17)3-8)6-19-13-11(15)4-10(18)5-12(13)16/h1-5,19H,6H2. The first-order chi connectivity index (χ1) is 8.95. The molecule has 2 aromatic rings. The molecule has 0 unspecified atom stereocenters. The van der Waals surface area contributed by atoms with E-state index in [2.05, 4.69) is 5.32 Å². The Balaban J connectivity index is 2.19. The van der Waals surface area contributed by atoms with Crippen LogP contribution in [-0.4, -0.2) is 0 Å². The highest BCUT2D eigenvalue weighted by molar-refractivity contribution is 6.39. The van der Waals surface area contributed by atoms with Crippen LogP contribution in [0, 0.1) is 11.6 Å². The molecule has 0 spiro atoms. The lowest BCUT2D eigenvalue weighted by atomic mass is 10.2. The predicted octanol–water partition coefficient (Wildman–Crippen LogP) is 5.54. The summed E-state index contributed by atoms with van der Waals surface area (Å²) in [6.07, 6.45) is 0. The fourth-order valence-corrected chi connectivity index (χ4v) is 2.45. The van der Waals surface area contributed by atoms with Crippen LogP contribution in [0.5, 0.6) is 0 Å². The first kappa shape index (κ1) is 14.4. The van der Waals surface area contributed by atoms with Crippen LogP contribution in [0.4, 0.5) is 14.5 Å². The van der Waals surface area contributed by atoms with Crippen LogP contribution in [0.25, 0.3) is 0 Å². The summed E-state index contributed by atoms with van der Waals surface area (Å²) in [5.41, 5.74) is 1.02. The third-order valence-corrected chi connectivity index (χ3v) is 3.21. The molecule has 0 aromatic heterocycles. The zero-order chi connectivity index (χ0) is 14.0. The van der Waals surface area contributed by atoms with Gasteiger partial charge in [-0.25, -0.2) is 8.78 Å². The van der Waals surface area contributed by atoms with Gasteiger partial charge in [0.2, 0.25) is 0 Å². The van der Waals surface area contributed by atoms with E-state index in [0.717, 1.165) is 12.1 Å². The number of anilines is 1. The van der Waals surface area contributed by atoms with Gasteiger partial charge in [0.05, 0.1) is 15.7 Å². The first-order valence-electron chi connectivity index (χ1n) is 5.29. The molecule has 2 aromatic carbocycles. The Bertz CT molecular complexity index is 574. The maximum Gasteiger partial charge on any atom is 0.126 e. The number of nitrogens with one attached hydrogen (secondary N) is 1. The first-order valence-corrected chi connectivity index (χ1v) is 6.42. The molecule has 0 saturated heterocycles. The van der Waals surface area contributed by atoms with Crippen molar-refractivity contribution < 1.29 is 8.78 Å². The molecule has 100 valence electrons. The molecule has 0 aliphatic heterocycles. The van der Waals surface area contributed by atoms with Gasteiger partial charge in [0.25, 0.3) is 0 Å². The van der Waals surface area contributed by atoms with Crippen molar-refractivity contribution in [3.05, 3.63) is 62.6 Å². The van der Waals surface area contributed by atoms with Crippen LogP contribution in [0.15, 0.2) is 30.3 Å². The van der Waals surface area contributed by atoms with Crippen molar-refractivity contribution in [2.75, 3.05) is 5.32 Å². The average molecular weight is 323 g/mol. The van der Waals surface area contributed by atoms with Crippen LogP contribution in [0.3, 0.4) is 0 Å². The molecule has 0 saturated carbocycles. The van der Waals surface area contributed by atoms with Crippen LogP contribution in [0.2, 0.25) is 15.1 Å². The lowest BCUT2D eigenvalue weighted by Gasteiger charge is -2.11. The molecule has 1 nitrogen and oxygen atoms in total. The van der Waals surface area contributed by atoms with Crippen LogP contribution < -0.4 is 5.32 Å². The normalized spacial score (nSPS) is 10.6. The Morgan fingerprint density at radius 3 is 2.00 bits per heavy atom. The summed E-state index contributed by atoms with van der Waals surface area (Å²) >= 11 is 17.5. The van der Waals surface area contributed by atoms with E-state index in [-0.39, 0.29) is 16.6 Å². The predicted molar refractivity (Wildman–Crippen MR) is 75.2 cm³/mol. The third-order valence-electron chi connectivity index (χ3n) is 2.40. The van der Waals surface area contributed by atoms with Crippen LogP contribution in [-0.2, 0) is 6.54 Å². The van der Waals surface area contributed by atoms with Crippen molar-refractivity contribution in [1.29, 1.82) is 0 Å². The molecule has 0 aliphatic rings. The fraction of sp³-hybridized carbons (Fsp3) is 0.0769. The van der Waals surface area contributed by atoms with Gasteiger partial charge in [0.1, 0.15) is 11.6 Å². The number of rotatable bonds is 3. The summed E-state index contributed by atoms with van der Waals surface area (Å²) in [4.78, 5) is 0. The number of halogens is 5. The maximum absolute atomic E-state index is 13.2. The molecule has 0 amide bonds. The van der Waals surface area contributed by atoms with Gasteiger partial charge in [-0.15, -0.1) is 0 Å². The molecular weight excluding hydrogens is 315 g/mol. The second-order valence-electron chi connectivity index (χ2n) is 3.88. The van der Waals surface area contributed by atoms with Crippen molar-refractivity contribution in [1.82, 2.24) is 0 Å². The van der Waals surface area contributed by atoms with E-state index in [0.29, 0.717) is 16.3 Å². The van der Waals surface area contributed by atoms with Gasteiger partial charge in [-0.2, -0.15) is 0 Å². The van der Waals surface area contributed by atoms with Crippen molar-refractivity contribution in [3.8, 4) is 0 Å². The van der Waals surface area contributed by atoms with E-state index in [1.165, 1.54) is 12.1 Å². The molecule has 0 atom stereocenters. The highest BCUT2D eigenvalue weighted by Crippen LogP contribution is 2.31. The number of hydrogen-bond acceptors (Lipinski definition) is 1. The van der Waals surface area contributed by atoms with Gasteiger partial charge in [-0.1, -0.05) is 34.8 Å². The van der Waals surface area contributed by atoms with Crippen molar-refractivity contribution in [2.45, 2.75) is 6.54 Å². The minimum atomic E-state index is -0.519. The molecule has 2 rings (SSSR count). The van der Waals surface area contributed by atoms with Gasteiger partial charge in [0, 0.05) is 11.6 Å². The molecule has 0 heterocycles. The van der Waals surface area contributed by atoms with Crippen molar-refractivity contribution in [3.63, 3.8) is 0 Å². The molecule has 0 fully saturated rings. The third kappa shape index (κ3) is 3.72. The smallest absolute Gasteiger partial charge is 0.126 e. The Labute approximate surface area is 124 Å². The van der Waals surface area contributed by atoms with E-state index >= 15 is 0 Å². The minimum Gasteiger partial charge on any atom is -0.379 e. The van der Waals surface area contributed by atoms with Gasteiger partial charge >= 0.3 is 0 Å². The Hall–Kier alpha value is -1.03. The second kappa shape index (κ2) is 5.95. The molecule has 6 heteroatoms. The van der Waals surface area contributed by atoms with Gasteiger partial charge in [-0.3, -0.25) is 0 Å². The molecule has 0 bridgehead atoms. The van der Waals surface area contributed by atoms with E-state index in [9.17, 15) is 8.78 Å². The van der Waals surface area contributed by atoms with E-state index < -0.39 is 11.6 Å². The quantitative estimate of drug-likeness (QED) is 0.782. The summed E-state index contributed by atoms with van der Waals surface area (Å²) in [5, 5.41) is 3.54. The summed E-state index contributed by atoms with van der Waals surface area (Å²) in [6, 6.07) is 6.46. The molecule has 19 heavy (non-hydrogen) atoms. The summed E-state index contributed by atoms with van der Waals surface area (Å²) < 4.78 is 26.2. The zero-order valence-corrected chi connectivity index (χ0v) is 11.8. The molecular formula is C13H8Cl3F2N. The van der Waals surface area contributed by atoms with Crippen molar-refractivity contribution >= 4 is 40.5 Å². The number of benzene rings is 2. The van der Waals surface area contributed by atoms with Crippen LogP contribution in [0.1, 0.15) is 5.56 Å². The summed E-state index contributed by atoms with van der Waals surface area (Å²) in [5.74, 6) is -0.949. The SMILES string of the molecule is Fc1cc(Cl)cc(CNc2c(Cl)cc(F)cc2Cl)c1.